The zero-order chi connectivity index (χ0) is 10.1. The van der Waals surface area contributed by atoms with Gasteiger partial charge in [0.15, 0.2) is 17.7 Å². The minimum absolute atomic E-state index is 0.636. The number of nitrogens with zero attached hydrogens (tertiary/aromatic N) is 3. The normalized spacial score (nSPS) is 10.1. The first-order chi connectivity index (χ1) is 6.70. The van der Waals surface area contributed by atoms with Crippen molar-refractivity contribution in [2.45, 2.75) is 6.92 Å². The van der Waals surface area contributed by atoms with E-state index in [1.807, 2.05) is 18.3 Å². The summed E-state index contributed by atoms with van der Waals surface area (Å²) in [5, 5.41) is 8.70. The van der Waals surface area contributed by atoms with Crippen LogP contribution in [0, 0.1) is 18.4 Å². The molecule has 1 aromatic carbocycles. The molecule has 0 aliphatic heterocycles. The lowest BCUT2D eigenvalue weighted by molar-refractivity contribution is 0.561. The quantitative estimate of drug-likeness (QED) is 0.506. The van der Waals surface area contributed by atoms with Crippen LogP contribution in [-0.2, 0) is 0 Å². The van der Waals surface area contributed by atoms with Crippen molar-refractivity contribution in [3.63, 3.8) is 0 Å². The van der Waals surface area contributed by atoms with Crippen molar-refractivity contribution >= 4 is 16.8 Å². The number of hydrogen-bond donors (Lipinski definition) is 0. The molecule has 0 spiro atoms. The van der Waals surface area contributed by atoms with E-state index in [4.69, 9.17) is 9.68 Å². The lowest BCUT2D eigenvalue weighted by Gasteiger charge is -2.06. The third-order valence-electron chi connectivity index (χ3n) is 2.02. The average Bonchev–Trinajstić information content (AvgIpc) is 2.55. The van der Waals surface area contributed by atoms with E-state index in [0.29, 0.717) is 11.5 Å². The standard InChI is InChI=1S/C10H9N3O/c1-7-12-9-4-3-8(13(2)6-11)5-10(9)14-7/h3-5H,1-2H3. The Bertz CT molecular complexity index is 510. The fourth-order valence-corrected chi connectivity index (χ4v) is 1.29. The van der Waals surface area contributed by atoms with E-state index in [9.17, 15) is 0 Å². The molecular formula is C10H9N3O. The first-order valence-electron chi connectivity index (χ1n) is 4.21. The fourth-order valence-electron chi connectivity index (χ4n) is 1.29. The van der Waals surface area contributed by atoms with Gasteiger partial charge in [0.05, 0.1) is 5.69 Å². The van der Waals surface area contributed by atoms with E-state index in [-0.39, 0.29) is 0 Å². The molecule has 2 rings (SSSR count). The molecule has 0 saturated carbocycles. The molecule has 0 aliphatic rings. The Morgan fingerprint density at radius 1 is 1.50 bits per heavy atom. The van der Waals surface area contributed by atoms with E-state index in [0.717, 1.165) is 11.2 Å². The van der Waals surface area contributed by atoms with Gasteiger partial charge in [-0.15, -0.1) is 0 Å². The summed E-state index contributed by atoms with van der Waals surface area (Å²) in [5.41, 5.74) is 2.33. The second-order valence-corrected chi connectivity index (χ2v) is 3.04. The number of aryl methyl sites for hydroxylation is 1. The van der Waals surface area contributed by atoms with E-state index in [1.165, 1.54) is 4.90 Å². The predicted octanol–water partition coefficient (Wildman–Crippen LogP) is 2.05. The number of hydrogen-bond acceptors (Lipinski definition) is 4. The van der Waals surface area contributed by atoms with E-state index in [1.54, 1.807) is 20.0 Å². The molecule has 0 saturated heterocycles. The first kappa shape index (κ1) is 8.57. The summed E-state index contributed by atoms with van der Waals surface area (Å²) in [6, 6.07) is 5.49. The van der Waals surface area contributed by atoms with Crippen molar-refractivity contribution in [3.05, 3.63) is 24.1 Å². The number of rotatable bonds is 1. The molecule has 2 aromatic rings. The second kappa shape index (κ2) is 3.04. The Kier molecular flexibility index (Phi) is 1.86. The molecule has 1 aromatic heterocycles. The Labute approximate surface area is 81.4 Å². The van der Waals surface area contributed by atoms with Crippen LogP contribution in [0.2, 0.25) is 0 Å². The molecule has 4 nitrogen and oxygen atoms in total. The van der Waals surface area contributed by atoms with Gasteiger partial charge in [0.2, 0.25) is 0 Å². The number of anilines is 1. The topological polar surface area (TPSA) is 53.1 Å². The van der Waals surface area contributed by atoms with E-state index < -0.39 is 0 Å². The molecule has 0 amide bonds. The van der Waals surface area contributed by atoms with Crippen molar-refractivity contribution < 1.29 is 4.42 Å². The molecule has 0 aliphatic carbocycles. The van der Waals surface area contributed by atoms with Crippen LogP contribution in [0.25, 0.3) is 11.1 Å². The molecule has 0 atom stereocenters. The highest BCUT2D eigenvalue weighted by Crippen LogP contribution is 2.21. The smallest absolute Gasteiger partial charge is 0.192 e. The van der Waals surface area contributed by atoms with E-state index in [2.05, 4.69) is 4.98 Å². The van der Waals surface area contributed by atoms with Crippen LogP contribution >= 0.6 is 0 Å². The van der Waals surface area contributed by atoms with Crippen molar-refractivity contribution in [3.8, 4) is 6.19 Å². The fraction of sp³-hybridized carbons (Fsp3) is 0.200. The number of aromatic nitrogens is 1. The molecule has 4 heteroatoms. The number of benzene rings is 1. The van der Waals surface area contributed by atoms with E-state index >= 15 is 0 Å². The number of fused-ring (bicyclic) bond motifs is 1. The highest BCUT2D eigenvalue weighted by Gasteiger charge is 2.05. The van der Waals surface area contributed by atoms with Crippen molar-refractivity contribution in [1.29, 1.82) is 5.26 Å². The third kappa shape index (κ3) is 1.29. The number of nitriles is 1. The second-order valence-electron chi connectivity index (χ2n) is 3.04. The lowest BCUT2D eigenvalue weighted by atomic mass is 10.3. The van der Waals surface area contributed by atoms with Gasteiger partial charge in [0.1, 0.15) is 5.52 Å². The van der Waals surface area contributed by atoms with Crippen molar-refractivity contribution in [2.24, 2.45) is 0 Å². The molecule has 0 fully saturated rings. The first-order valence-corrected chi connectivity index (χ1v) is 4.21. The van der Waals surface area contributed by atoms with Gasteiger partial charge in [-0.25, -0.2) is 4.98 Å². The molecule has 14 heavy (non-hydrogen) atoms. The Morgan fingerprint density at radius 2 is 2.29 bits per heavy atom. The average molecular weight is 187 g/mol. The molecule has 0 radical (unpaired) electrons. The Morgan fingerprint density at radius 3 is 3.00 bits per heavy atom. The SMILES string of the molecule is Cc1nc2ccc(N(C)C#N)cc2o1. The maximum absolute atomic E-state index is 8.70. The van der Waals surface area contributed by atoms with Crippen LogP contribution in [0.1, 0.15) is 5.89 Å². The Balaban J connectivity index is 2.57. The zero-order valence-electron chi connectivity index (χ0n) is 7.98. The minimum Gasteiger partial charge on any atom is -0.441 e. The summed E-state index contributed by atoms with van der Waals surface area (Å²) in [4.78, 5) is 5.64. The molecule has 0 N–H and O–H groups in total. The minimum atomic E-state index is 0.636. The van der Waals surface area contributed by atoms with Crippen molar-refractivity contribution in [2.75, 3.05) is 11.9 Å². The van der Waals surface area contributed by atoms with Crippen LogP contribution in [0.5, 0.6) is 0 Å². The van der Waals surface area contributed by atoms with Gasteiger partial charge >= 0.3 is 0 Å². The summed E-state index contributed by atoms with van der Waals surface area (Å²) in [5.74, 6) is 0.636. The maximum Gasteiger partial charge on any atom is 0.192 e. The van der Waals surface area contributed by atoms with Gasteiger partial charge in [-0.1, -0.05) is 0 Å². The van der Waals surface area contributed by atoms with Gasteiger partial charge in [-0.05, 0) is 12.1 Å². The van der Waals surface area contributed by atoms with Crippen LogP contribution in [0.15, 0.2) is 22.6 Å². The zero-order valence-corrected chi connectivity index (χ0v) is 7.98. The van der Waals surface area contributed by atoms with Gasteiger partial charge in [0.25, 0.3) is 0 Å². The lowest BCUT2D eigenvalue weighted by Crippen LogP contribution is -2.07. The highest BCUT2D eigenvalue weighted by atomic mass is 16.3. The summed E-state index contributed by atoms with van der Waals surface area (Å²) < 4.78 is 5.36. The summed E-state index contributed by atoms with van der Waals surface area (Å²) in [7, 11) is 1.70. The van der Waals surface area contributed by atoms with Crippen LogP contribution < -0.4 is 4.90 Å². The molecule has 0 unspecified atom stereocenters. The van der Waals surface area contributed by atoms with Crippen LogP contribution in [-0.4, -0.2) is 12.0 Å². The molecule has 1 heterocycles. The van der Waals surface area contributed by atoms with Crippen molar-refractivity contribution in [1.82, 2.24) is 4.98 Å². The monoisotopic (exact) mass is 187 g/mol. The number of oxazole rings is 1. The van der Waals surface area contributed by atoms with Gasteiger partial charge in [-0.3, -0.25) is 4.90 Å². The summed E-state index contributed by atoms with van der Waals surface area (Å²) >= 11 is 0. The van der Waals surface area contributed by atoms with Crippen LogP contribution in [0.3, 0.4) is 0 Å². The van der Waals surface area contributed by atoms with Crippen LogP contribution in [0.4, 0.5) is 5.69 Å². The Hall–Kier alpha value is -2.02. The van der Waals surface area contributed by atoms with Gasteiger partial charge in [0, 0.05) is 20.0 Å². The third-order valence-corrected chi connectivity index (χ3v) is 2.02. The largest absolute Gasteiger partial charge is 0.441 e. The van der Waals surface area contributed by atoms with Gasteiger partial charge in [-0.2, -0.15) is 5.26 Å². The molecule has 0 bridgehead atoms. The highest BCUT2D eigenvalue weighted by molar-refractivity contribution is 5.77. The summed E-state index contributed by atoms with van der Waals surface area (Å²) in [6.45, 7) is 1.80. The molecular weight excluding hydrogens is 178 g/mol. The predicted molar refractivity (Wildman–Crippen MR) is 52.8 cm³/mol. The maximum atomic E-state index is 8.70. The van der Waals surface area contributed by atoms with Gasteiger partial charge < -0.3 is 4.42 Å². The summed E-state index contributed by atoms with van der Waals surface area (Å²) in [6.07, 6.45) is 2.02. The molecule has 70 valence electrons.